The van der Waals surface area contributed by atoms with E-state index in [1.807, 2.05) is 13.8 Å². The molecule has 0 radical (unpaired) electrons. The van der Waals surface area contributed by atoms with Crippen molar-refractivity contribution in [2.24, 2.45) is 5.92 Å². The normalized spacial score (nSPS) is 33.3. The first kappa shape index (κ1) is 8.96. The van der Waals surface area contributed by atoms with Gasteiger partial charge in [0, 0.05) is 0 Å². The molecule has 0 bridgehead atoms. The molecule has 1 N–H and O–H groups in total. The van der Waals surface area contributed by atoms with Crippen LogP contribution in [0.4, 0.5) is 0 Å². The van der Waals surface area contributed by atoms with Gasteiger partial charge in [-0.15, -0.1) is 0 Å². The Labute approximate surface area is 58.1 Å². The lowest BCUT2D eigenvalue weighted by Crippen LogP contribution is -2.07. The molecular formula is C8H18O. The molecule has 1 aliphatic carbocycles. The van der Waals surface area contributed by atoms with E-state index in [0.717, 1.165) is 6.42 Å². The van der Waals surface area contributed by atoms with Crippen molar-refractivity contribution in [1.29, 1.82) is 0 Å². The molecule has 1 fully saturated rings. The minimum absolute atomic E-state index is 0.0139. The fourth-order valence-corrected chi connectivity index (χ4v) is 1.13. The van der Waals surface area contributed by atoms with Crippen LogP contribution in [-0.4, -0.2) is 11.2 Å². The second-order valence-corrected chi connectivity index (χ2v) is 2.48. The molecule has 0 amide bonds. The Hall–Kier alpha value is -0.0400. The summed E-state index contributed by atoms with van der Waals surface area (Å²) in [6.45, 7) is 6.11. The molecule has 1 aliphatic rings. The highest BCUT2D eigenvalue weighted by Gasteiger charge is 2.19. The zero-order valence-corrected chi connectivity index (χ0v) is 6.72. The lowest BCUT2D eigenvalue weighted by molar-refractivity contribution is 0.141. The largest absolute Gasteiger partial charge is 0.393 e. The van der Waals surface area contributed by atoms with Crippen molar-refractivity contribution < 1.29 is 5.11 Å². The van der Waals surface area contributed by atoms with Gasteiger partial charge in [0.1, 0.15) is 0 Å². The zero-order valence-electron chi connectivity index (χ0n) is 6.72. The van der Waals surface area contributed by atoms with E-state index in [1.54, 1.807) is 0 Å². The van der Waals surface area contributed by atoms with Crippen LogP contribution < -0.4 is 0 Å². The fraction of sp³-hybridized carbons (Fsp3) is 1.00. The fourth-order valence-electron chi connectivity index (χ4n) is 1.13. The summed E-state index contributed by atoms with van der Waals surface area (Å²) in [6, 6.07) is 0. The first-order valence-electron chi connectivity index (χ1n) is 3.99. The van der Waals surface area contributed by atoms with E-state index < -0.39 is 0 Å². The average Bonchev–Trinajstić information content (AvgIpc) is 2.23. The summed E-state index contributed by atoms with van der Waals surface area (Å²) in [5.41, 5.74) is 0. The number of aliphatic hydroxyl groups is 1. The van der Waals surface area contributed by atoms with Crippen LogP contribution in [0, 0.1) is 5.92 Å². The third-order valence-electron chi connectivity index (χ3n) is 1.82. The van der Waals surface area contributed by atoms with Crippen molar-refractivity contribution >= 4 is 0 Å². The first-order valence-corrected chi connectivity index (χ1v) is 3.99. The Bertz CT molecular complexity index is 53.6. The van der Waals surface area contributed by atoms with Gasteiger partial charge in [0.05, 0.1) is 6.10 Å². The van der Waals surface area contributed by atoms with Gasteiger partial charge in [-0.1, -0.05) is 27.2 Å². The molecule has 0 spiro atoms. The summed E-state index contributed by atoms with van der Waals surface area (Å²) in [5.74, 6) is 0.569. The summed E-state index contributed by atoms with van der Waals surface area (Å²) < 4.78 is 0. The molecule has 2 atom stereocenters. The van der Waals surface area contributed by atoms with Crippen LogP contribution in [0.15, 0.2) is 0 Å². The maximum Gasteiger partial charge on any atom is 0.0565 e. The topological polar surface area (TPSA) is 20.2 Å². The molecule has 1 rings (SSSR count). The van der Waals surface area contributed by atoms with Crippen molar-refractivity contribution in [2.75, 3.05) is 0 Å². The van der Waals surface area contributed by atoms with Gasteiger partial charge in [0.25, 0.3) is 0 Å². The highest BCUT2D eigenvalue weighted by atomic mass is 16.3. The number of hydrogen-bond acceptors (Lipinski definition) is 1. The highest BCUT2D eigenvalue weighted by molar-refractivity contribution is 4.71. The number of hydrogen-bond donors (Lipinski definition) is 1. The van der Waals surface area contributed by atoms with Crippen molar-refractivity contribution in [3.05, 3.63) is 0 Å². The Balaban J connectivity index is 0.000000291. The third-order valence-corrected chi connectivity index (χ3v) is 1.82. The molecule has 1 heteroatoms. The maximum absolute atomic E-state index is 9.00. The number of rotatable bonds is 0. The molecule has 1 unspecified atom stereocenters. The van der Waals surface area contributed by atoms with Gasteiger partial charge >= 0.3 is 0 Å². The SMILES string of the molecule is CC.CC1CCC[C@@H]1O. The molecule has 9 heavy (non-hydrogen) atoms. The van der Waals surface area contributed by atoms with Gasteiger partial charge < -0.3 is 5.11 Å². The molecule has 0 aromatic carbocycles. The molecule has 0 aliphatic heterocycles. The minimum atomic E-state index is 0.0139. The van der Waals surface area contributed by atoms with Crippen molar-refractivity contribution in [1.82, 2.24) is 0 Å². The standard InChI is InChI=1S/C6H12O.C2H6/c1-5-3-2-4-6(5)7;1-2/h5-7H,2-4H2,1H3;1-2H3/t5?,6-;/m0./s1. The van der Waals surface area contributed by atoms with Crippen LogP contribution in [-0.2, 0) is 0 Å². The lowest BCUT2D eigenvalue weighted by atomic mass is 10.1. The molecule has 0 heterocycles. The van der Waals surface area contributed by atoms with Crippen molar-refractivity contribution in [3.63, 3.8) is 0 Å². The monoisotopic (exact) mass is 130 g/mol. The molecule has 56 valence electrons. The van der Waals surface area contributed by atoms with E-state index in [4.69, 9.17) is 5.11 Å². The van der Waals surface area contributed by atoms with Gasteiger partial charge in [-0.2, -0.15) is 0 Å². The molecular weight excluding hydrogens is 112 g/mol. The summed E-state index contributed by atoms with van der Waals surface area (Å²) >= 11 is 0. The highest BCUT2D eigenvalue weighted by Crippen LogP contribution is 2.23. The molecule has 0 aromatic rings. The Morgan fingerprint density at radius 3 is 1.89 bits per heavy atom. The van der Waals surface area contributed by atoms with Gasteiger partial charge in [-0.05, 0) is 18.8 Å². The second kappa shape index (κ2) is 4.80. The Morgan fingerprint density at radius 2 is 1.78 bits per heavy atom. The van der Waals surface area contributed by atoms with Crippen LogP contribution in [0.1, 0.15) is 40.0 Å². The second-order valence-electron chi connectivity index (χ2n) is 2.48. The molecule has 1 nitrogen and oxygen atoms in total. The van der Waals surface area contributed by atoms with E-state index in [0.29, 0.717) is 5.92 Å². The Morgan fingerprint density at radius 1 is 1.22 bits per heavy atom. The first-order chi connectivity index (χ1) is 4.30. The summed E-state index contributed by atoms with van der Waals surface area (Å²) in [5, 5.41) is 9.00. The number of aliphatic hydroxyl groups excluding tert-OH is 1. The Kier molecular flexibility index (Phi) is 4.78. The predicted molar refractivity (Wildman–Crippen MR) is 40.4 cm³/mol. The molecule has 0 aromatic heterocycles. The van der Waals surface area contributed by atoms with Crippen LogP contribution in [0.5, 0.6) is 0 Å². The van der Waals surface area contributed by atoms with E-state index in [1.165, 1.54) is 12.8 Å². The van der Waals surface area contributed by atoms with Gasteiger partial charge in [0.15, 0.2) is 0 Å². The summed E-state index contributed by atoms with van der Waals surface area (Å²) in [7, 11) is 0. The van der Waals surface area contributed by atoms with Gasteiger partial charge in [-0.25, -0.2) is 0 Å². The lowest BCUT2D eigenvalue weighted by Gasteiger charge is -2.04. The van der Waals surface area contributed by atoms with Gasteiger partial charge in [0.2, 0.25) is 0 Å². The summed E-state index contributed by atoms with van der Waals surface area (Å²) in [6.07, 6.45) is 3.49. The smallest absolute Gasteiger partial charge is 0.0565 e. The van der Waals surface area contributed by atoms with E-state index in [2.05, 4.69) is 6.92 Å². The predicted octanol–water partition coefficient (Wildman–Crippen LogP) is 2.19. The molecule has 0 saturated heterocycles. The minimum Gasteiger partial charge on any atom is -0.393 e. The van der Waals surface area contributed by atoms with Crippen molar-refractivity contribution in [2.45, 2.75) is 46.1 Å². The van der Waals surface area contributed by atoms with Crippen molar-refractivity contribution in [3.8, 4) is 0 Å². The summed E-state index contributed by atoms with van der Waals surface area (Å²) in [4.78, 5) is 0. The van der Waals surface area contributed by atoms with E-state index >= 15 is 0 Å². The maximum atomic E-state index is 9.00. The van der Waals surface area contributed by atoms with E-state index in [-0.39, 0.29) is 6.10 Å². The van der Waals surface area contributed by atoms with E-state index in [9.17, 15) is 0 Å². The van der Waals surface area contributed by atoms with Crippen LogP contribution in [0.25, 0.3) is 0 Å². The van der Waals surface area contributed by atoms with Crippen LogP contribution in [0.2, 0.25) is 0 Å². The van der Waals surface area contributed by atoms with Crippen LogP contribution in [0.3, 0.4) is 0 Å². The quantitative estimate of drug-likeness (QED) is 0.533. The molecule has 1 saturated carbocycles. The zero-order chi connectivity index (χ0) is 7.28. The third kappa shape index (κ3) is 2.85. The van der Waals surface area contributed by atoms with Gasteiger partial charge in [-0.3, -0.25) is 0 Å². The van der Waals surface area contributed by atoms with Crippen LogP contribution >= 0.6 is 0 Å². The average molecular weight is 130 g/mol.